The summed E-state index contributed by atoms with van der Waals surface area (Å²) in [5.74, 6) is 0. The highest BCUT2D eigenvalue weighted by Crippen LogP contribution is 2.32. The number of hydrogen-bond donors (Lipinski definition) is 1. The Bertz CT molecular complexity index is 264. The highest BCUT2D eigenvalue weighted by Gasteiger charge is 2.39. The minimum Gasteiger partial charge on any atom is -0.381 e. The van der Waals surface area contributed by atoms with Crippen molar-refractivity contribution >= 4 is 0 Å². The van der Waals surface area contributed by atoms with Crippen molar-refractivity contribution in [1.29, 1.82) is 0 Å². The van der Waals surface area contributed by atoms with Gasteiger partial charge >= 0.3 is 0 Å². The number of nitrogens with zero attached hydrogens (tertiary/aromatic N) is 2. The Morgan fingerprint density at radius 2 is 1.83 bits per heavy atom. The topological polar surface area (TPSA) is 41.7 Å². The highest BCUT2D eigenvalue weighted by molar-refractivity contribution is 4.96. The van der Waals surface area contributed by atoms with Gasteiger partial charge in [-0.05, 0) is 32.1 Å². The predicted molar refractivity (Wildman–Crippen MR) is 72.6 cm³/mol. The number of ether oxygens (including phenoxy) is 1. The first-order chi connectivity index (χ1) is 8.84. The summed E-state index contributed by atoms with van der Waals surface area (Å²) in [5, 5.41) is 0. The molecule has 0 bridgehead atoms. The Kier molecular flexibility index (Phi) is 3.89. The van der Waals surface area contributed by atoms with E-state index < -0.39 is 0 Å². The van der Waals surface area contributed by atoms with Gasteiger partial charge in [-0.1, -0.05) is 0 Å². The van der Waals surface area contributed by atoms with Gasteiger partial charge in [0.2, 0.25) is 0 Å². The van der Waals surface area contributed by atoms with Crippen LogP contribution < -0.4 is 5.73 Å². The summed E-state index contributed by atoms with van der Waals surface area (Å²) < 4.78 is 5.62. The summed E-state index contributed by atoms with van der Waals surface area (Å²) >= 11 is 0. The van der Waals surface area contributed by atoms with Crippen molar-refractivity contribution < 1.29 is 4.74 Å². The second kappa shape index (κ2) is 5.45. The van der Waals surface area contributed by atoms with E-state index in [-0.39, 0.29) is 5.54 Å². The lowest BCUT2D eigenvalue weighted by Crippen LogP contribution is -2.60. The molecule has 2 heterocycles. The van der Waals surface area contributed by atoms with Crippen LogP contribution >= 0.6 is 0 Å². The Balaban J connectivity index is 1.60. The van der Waals surface area contributed by atoms with Gasteiger partial charge in [-0.2, -0.15) is 0 Å². The fourth-order valence-electron chi connectivity index (χ4n) is 3.64. The molecule has 1 aliphatic carbocycles. The molecule has 0 spiro atoms. The number of piperazine rings is 1. The average molecular weight is 253 g/mol. The molecule has 0 aromatic carbocycles. The van der Waals surface area contributed by atoms with E-state index in [9.17, 15) is 0 Å². The molecule has 4 heteroatoms. The van der Waals surface area contributed by atoms with Crippen LogP contribution in [0.5, 0.6) is 0 Å². The molecule has 0 aromatic heterocycles. The third-order valence-electron chi connectivity index (χ3n) is 5.07. The monoisotopic (exact) mass is 253 g/mol. The van der Waals surface area contributed by atoms with Crippen molar-refractivity contribution in [3.05, 3.63) is 0 Å². The van der Waals surface area contributed by atoms with Crippen molar-refractivity contribution in [3.63, 3.8) is 0 Å². The zero-order valence-electron chi connectivity index (χ0n) is 11.4. The van der Waals surface area contributed by atoms with Crippen molar-refractivity contribution in [3.8, 4) is 0 Å². The summed E-state index contributed by atoms with van der Waals surface area (Å²) in [6.45, 7) is 7.49. The van der Waals surface area contributed by atoms with Gasteiger partial charge in [0.25, 0.3) is 0 Å². The molecule has 0 amide bonds. The molecule has 2 saturated heterocycles. The van der Waals surface area contributed by atoms with Crippen LogP contribution in [0.1, 0.15) is 32.1 Å². The fraction of sp³-hybridized carbons (Fsp3) is 1.00. The maximum Gasteiger partial charge on any atom is 0.0484 e. The predicted octanol–water partition coefficient (Wildman–Crippen LogP) is 0.664. The van der Waals surface area contributed by atoms with Crippen LogP contribution in [0.3, 0.4) is 0 Å². The molecule has 0 radical (unpaired) electrons. The SMILES string of the molecule is NCC1(N2CCN(C3CC3)CC2)CCCOCC1. The van der Waals surface area contributed by atoms with Crippen molar-refractivity contribution in [1.82, 2.24) is 9.80 Å². The zero-order chi connectivity index (χ0) is 12.4. The van der Waals surface area contributed by atoms with Crippen molar-refractivity contribution in [2.24, 2.45) is 5.73 Å². The minimum atomic E-state index is 0.228. The average Bonchev–Trinajstić information content (AvgIpc) is 3.26. The van der Waals surface area contributed by atoms with Crippen molar-refractivity contribution in [2.75, 3.05) is 45.9 Å². The molecule has 1 saturated carbocycles. The van der Waals surface area contributed by atoms with Crippen LogP contribution in [0, 0.1) is 0 Å². The van der Waals surface area contributed by atoms with Crippen LogP contribution in [-0.2, 0) is 4.74 Å². The second-order valence-corrected chi connectivity index (χ2v) is 6.15. The zero-order valence-corrected chi connectivity index (χ0v) is 11.4. The summed E-state index contributed by atoms with van der Waals surface area (Å²) in [6.07, 6.45) is 6.35. The van der Waals surface area contributed by atoms with E-state index in [0.29, 0.717) is 0 Å². The minimum absolute atomic E-state index is 0.228. The number of hydrogen-bond acceptors (Lipinski definition) is 4. The number of nitrogens with two attached hydrogens (primary N) is 1. The lowest BCUT2D eigenvalue weighted by molar-refractivity contribution is 0.0198. The standard InChI is InChI=1S/C14H27N3O/c15-12-14(4-1-10-18-11-5-14)17-8-6-16(7-9-17)13-2-3-13/h13H,1-12,15H2. The Morgan fingerprint density at radius 3 is 2.50 bits per heavy atom. The van der Waals surface area contributed by atoms with Gasteiger partial charge in [-0.25, -0.2) is 0 Å². The van der Waals surface area contributed by atoms with Gasteiger partial charge in [0.05, 0.1) is 0 Å². The van der Waals surface area contributed by atoms with E-state index >= 15 is 0 Å². The maximum absolute atomic E-state index is 6.13. The molecule has 2 N–H and O–H groups in total. The van der Waals surface area contributed by atoms with E-state index in [2.05, 4.69) is 9.80 Å². The second-order valence-electron chi connectivity index (χ2n) is 6.15. The summed E-state index contributed by atoms with van der Waals surface area (Å²) in [4.78, 5) is 5.34. The first kappa shape index (κ1) is 12.9. The molecule has 0 aromatic rings. The molecule has 4 nitrogen and oxygen atoms in total. The van der Waals surface area contributed by atoms with Gasteiger partial charge in [-0.3, -0.25) is 9.80 Å². The molecule has 3 aliphatic rings. The number of rotatable bonds is 3. The molecule has 2 aliphatic heterocycles. The van der Waals surface area contributed by atoms with E-state index in [4.69, 9.17) is 10.5 Å². The van der Waals surface area contributed by atoms with Crippen LogP contribution in [0.25, 0.3) is 0 Å². The van der Waals surface area contributed by atoms with E-state index in [0.717, 1.165) is 32.2 Å². The van der Waals surface area contributed by atoms with Gasteiger partial charge in [0.15, 0.2) is 0 Å². The first-order valence-corrected chi connectivity index (χ1v) is 7.61. The quantitative estimate of drug-likeness (QED) is 0.802. The van der Waals surface area contributed by atoms with Crippen molar-refractivity contribution in [2.45, 2.75) is 43.7 Å². The normalized spacial score (nSPS) is 36.5. The van der Waals surface area contributed by atoms with Crippen LogP contribution in [-0.4, -0.2) is 67.3 Å². The van der Waals surface area contributed by atoms with E-state index in [1.54, 1.807) is 0 Å². The van der Waals surface area contributed by atoms with Gasteiger partial charge < -0.3 is 10.5 Å². The van der Waals surface area contributed by atoms with Gasteiger partial charge in [0.1, 0.15) is 0 Å². The Hall–Kier alpha value is -0.160. The highest BCUT2D eigenvalue weighted by atomic mass is 16.5. The van der Waals surface area contributed by atoms with Gasteiger partial charge in [0, 0.05) is 57.5 Å². The molecule has 1 unspecified atom stereocenters. The molecule has 3 rings (SSSR count). The lowest BCUT2D eigenvalue weighted by Gasteiger charge is -2.47. The molecule has 3 fully saturated rings. The Morgan fingerprint density at radius 1 is 1.06 bits per heavy atom. The molecule has 104 valence electrons. The third kappa shape index (κ3) is 2.57. The fourth-order valence-corrected chi connectivity index (χ4v) is 3.64. The largest absolute Gasteiger partial charge is 0.381 e. The van der Waals surface area contributed by atoms with Crippen LogP contribution in [0.2, 0.25) is 0 Å². The Labute approximate surface area is 110 Å². The van der Waals surface area contributed by atoms with Gasteiger partial charge in [-0.15, -0.1) is 0 Å². The smallest absolute Gasteiger partial charge is 0.0484 e. The van der Waals surface area contributed by atoms with Crippen LogP contribution in [0.15, 0.2) is 0 Å². The lowest BCUT2D eigenvalue weighted by atomic mass is 9.88. The summed E-state index contributed by atoms with van der Waals surface area (Å²) in [6, 6.07) is 0.915. The van der Waals surface area contributed by atoms with Crippen LogP contribution in [0.4, 0.5) is 0 Å². The van der Waals surface area contributed by atoms with E-state index in [1.165, 1.54) is 51.9 Å². The molecular formula is C14H27N3O. The maximum atomic E-state index is 6.13. The first-order valence-electron chi connectivity index (χ1n) is 7.61. The van der Waals surface area contributed by atoms with E-state index in [1.807, 2.05) is 0 Å². The third-order valence-corrected chi connectivity index (χ3v) is 5.07. The molecule has 1 atom stereocenters. The molecular weight excluding hydrogens is 226 g/mol. The molecule has 18 heavy (non-hydrogen) atoms. The summed E-state index contributed by atoms with van der Waals surface area (Å²) in [5.41, 5.74) is 6.36. The summed E-state index contributed by atoms with van der Waals surface area (Å²) in [7, 11) is 0.